The highest BCUT2D eigenvalue weighted by atomic mass is 16.7. The minimum Gasteiger partial charge on any atom is -0.353 e. The molecule has 2 unspecified atom stereocenters. The van der Waals surface area contributed by atoms with Crippen molar-refractivity contribution in [2.75, 3.05) is 6.61 Å². The summed E-state index contributed by atoms with van der Waals surface area (Å²) in [5.41, 5.74) is 1.28. The Labute approximate surface area is 127 Å². The minimum atomic E-state index is -0.128. The zero-order valence-electron chi connectivity index (χ0n) is 13.1. The van der Waals surface area contributed by atoms with E-state index in [2.05, 4.69) is 56.3 Å². The second kappa shape index (κ2) is 5.78. The molecule has 1 saturated heterocycles. The summed E-state index contributed by atoms with van der Waals surface area (Å²) in [5.74, 6) is 0.486. The molecule has 1 fully saturated rings. The Hall–Kier alpha value is -1.38. The van der Waals surface area contributed by atoms with Crippen molar-refractivity contribution < 1.29 is 9.47 Å². The average Bonchev–Trinajstić information content (AvgIpc) is 2.74. The predicted molar refractivity (Wildman–Crippen MR) is 86.3 cm³/mol. The first-order valence-electron chi connectivity index (χ1n) is 7.86. The number of ether oxygens (including phenoxy) is 2. The van der Waals surface area contributed by atoms with Crippen LogP contribution in [0.4, 0.5) is 0 Å². The number of hydrogen-bond donors (Lipinski definition) is 0. The van der Waals surface area contributed by atoms with Crippen molar-refractivity contribution in [2.45, 2.75) is 45.5 Å². The highest BCUT2D eigenvalue weighted by Crippen LogP contribution is 2.39. The summed E-state index contributed by atoms with van der Waals surface area (Å²) in [4.78, 5) is 0. The monoisotopic (exact) mass is 284 g/mol. The van der Waals surface area contributed by atoms with Gasteiger partial charge in [0.25, 0.3) is 0 Å². The Morgan fingerprint density at radius 2 is 1.90 bits per heavy atom. The third-order valence-electron chi connectivity index (χ3n) is 4.59. The molecule has 2 heteroatoms. The third kappa shape index (κ3) is 2.97. The van der Waals surface area contributed by atoms with E-state index in [1.807, 2.05) is 6.92 Å². The van der Waals surface area contributed by atoms with Gasteiger partial charge in [-0.1, -0.05) is 42.5 Å². The number of hydrogen-bond acceptors (Lipinski definition) is 2. The summed E-state index contributed by atoms with van der Waals surface area (Å²) in [6.45, 7) is 7.10. The molecule has 0 aliphatic carbocycles. The van der Waals surface area contributed by atoms with Gasteiger partial charge in [0, 0.05) is 13.0 Å². The smallest absolute Gasteiger partial charge is 0.158 e. The van der Waals surface area contributed by atoms with Gasteiger partial charge >= 0.3 is 0 Å². The van der Waals surface area contributed by atoms with Crippen molar-refractivity contribution in [1.29, 1.82) is 0 Å². The Balaban J connectivity index is 1.85. The van der Waals surface area contributed by atoms with E-state index >= 15 is 0 Å². The standard InChI is InChI=1S/C19H24O2/c1-4-20-18-13-16(19(2,3)21-18)12-15-10-7-9-14-8-5-6-11-17(14)15/h5-11,16,18H,4,12-13H2,1-3H3. The highest BCUT2D eigenvalue weighted by molar-refractivity contribution is 5.85. The largest absolute Gasteiger partial charge is 0.353 e. The lowest BCUT2D eigenvalue weighted by atomic mass is 9.84. The molecule has 3 rings (SSSR count). The van der Waals surface area contributed by atoms with Gasteiger partial charge < -0.3 is 9.47 Å². The van der Waals surface area contributed by atoms with Crippen molar-refractivity contribution in [3.63, 3.8) is 0 Å². The molecule has 1 aliphatic rings. The lowest BCUT2D eigenvalue weighted by molar-refractivity contribution is -0.158. The van der Waals surface area contributed by atoms with E-state index in [-0.39, 0.29) is 11.9 Å². The molecule has 21 heavy (non-hydrogen) atoms. The molecule has 1 heterocycles. The molecule has 0 amide bonds. The maximum absolute atomic E-state index is 6.06. The highest BCUT2D eigenvalue weighted by Gasteiger charge is 2.41. The number of fused-ring (bicyclic) bond motifs is 1. The molecule has 0 spiro atoms. The van der Waals surface area contributed by atoms with E-state index in [4.69, 9.17) is 9.47 Å². The molecule has 1 aliphatic heterocycles. The molecule has 0 bridgehead atoms. The fraction of sp³-hybridized carbons (Fsp3) is 0.474. The van der Waals surface area contributed by atoms with Crippen LogP contribution in [0.15, 0.2) is 42.5 Å². The summed E-state index contributed by atoms with van der Waals surface area (Å²) >= 11 is 0. The van der Waals surface area contributed by atoms with Crippen LogP contribution in [0.5, 0.6) is 0 Å². The van der Waals surface area contributed by atoms with Crippen LogP contribution >= 0.6 is 0 Å². The van der Waals surface area contributed by atoms with Crippen LogP contribution in [0.1, 0.15) is 32.8 Å². The Bertz CT molecular complexity index is 612. The Morgan fingerprint density at radius 1 is 1.14 bits per heavy atom. The van der Waals surface area contributed by atoms with Crippen LogP contribution in [0.25, 0.3) is 10.8 Å². The van der Waals surface area contributed by atoms with E-state index in [0.717, 1.165) is 12.8 Å². The minimum absolute atomic E-state index is 0.0509. The maximum atomic E-state index is 6.06. The van der Waals surface area contributed by atoms with Gasteiger partial charge in [-0.15, -0.1) is 0 Å². The number of benzene rings is 2. The Kier molecular flexibility index (Phi) is 4.01. The SMILES string of the molecule is CCOC1CC(Cc2cccc3ccccc23)C(C)(C)O1. The normalized spacial score (nSPS) is 24.5. The fourth-order valence-corrected chi connectivity index (χ4v) is 3.35. The lowest BCUT2D eigenvalue weighted by Gasteiger charge is -2.26. The van der Waals surface area contributed by atoms with Crippen LogP contribution in [-0.4, -0.2) is 18.5 Å². The van der Waals surface area contributed by atoms with E-state index in [9.17, 15) is 0 Å². The lowest BCUT2D eigenvalue weighted by Crippen LogP contribution is -2.29. The van der Waals surface area contributed by atoms with Gasteiger partial charge in [-0.3, -0.25) is 0 Å². The molecule has 2 aromatic rings. The van der Waals surface area contributed by atoms with Crippen LogP contribution in [0.2, 0.25) is 0 Å². The summed E-state index contributed by atoms with van der Waals surface area (Å²) in [6, 6.07) is 15.2. The van der Waals surface area contributed by atoms with Crippen LogP contribution in [0, 0.1) is 5.92 Å². The third-order valence-corrected chi connectivity index (χ3v) is 4.59. The van der Waals surface area contributed by atoms with Crippen molar-refractivity contribution in [2.24, 2.45) is 5.92 Å². The molecule has 2 atom stereocenters. The van der Waals surface area contributed by atoms with Crippen LogP contribution in [-0.2, 0) is 15.9 Å². The molecular weight excluding hydrogens is 260 g/mol. The Morgan fingerprint density at radius 3 is 2.71 bits per heavy atom. The zero-order chi connectivity index (χ0) is 14.9. The average molecular weight is 284 g/mol. The summed E-state index contributed by atoms with van der Waals surface area (Å²) in [5, 5.41) is 2.67. The molecule has 2 aromatic carbocycles. The molecule has 0 saturated carbocycles. The van der Waals surface area contributed by atoms with Gasteiger partial charge in [-0.25, -0.2) is 0 Å². The van der Waals surface area contributed by atoms with Crippen LogP contribution in [0.3, 0.4) is 0 Å². The first kappa shape index (κ1) is 14.6. The quantitative estimate of drug-likeness (QED) is 0.819. The van der Waals surface area contributed by atoms with Crippen molar-refractivity contribution in [3.05, 3.63) is 48.0 Å². The molecule has 0 radical (unpaired) electrons. The van der Waals surface area contributed by atoms with Crippen molar-refractivity contribution >= 4 is 10.8 Å². The number of rotatable bonds is 4. The topological polar surface area (TPSA) is 18.5 Å². The van der Waals surface area contributed by atoms with Gasteiger partial charge in [0.05, 0.1) is 5.60 Å². The van der Waals surface area contributed by atoms with E-state index in [0.29, 0.717) is 12.5 Å². The van der Waals surface area contributed by atoms with Gasteiger partial charge in [0.1, 0.15) is 0 Å². The fourth-order valence-electron chi connectivity index (χ4n) is 3.35. The molecule has 112 valence electrons. The predicted octanol–water partition coefficient (Wildman–Crippen LogP) is 4.56. The maximum Gasteiger partial charge on any atom is 0.158 e. The summed E-state index contributed by atoms with van der Waals surface area (Å²) in [6.07, 6.45) is 1.96. The molecule has 2 nitrogen and oxygen atoms in total. The molecule has 0 aromatic heterocycles. The van der Waals surface area contributed by atoms with Crippen LogP contribution < -0.4 is 0 Å². The van der Waals surface area contributed by atoms with Gasteiger partial charge in [-0.05, 0) is 49.4 Å². The van der Waals surface area contributed by atoms with E-state index < -0.39 is 0 Å². The van der Waals surface area contributed by atoms with Crippen molar-refractivity contribution in [3.8, 4) is 0 Å². The van der Waals surface area contributed by atoms with Crippen molar-refractivity contribution in [1.82, 2.24) is 0 Å². The zero-order valence-corrected chi connectivity index (χ0v) is 13.1. The molecule has 0 N–H and O–H groups in total. The summed E-state index contributed by atoms with van der Waals surface area (Å²) < 4.78 is 11.7. The second-order valence-electron chi connectivity index (χ2n) is 6.38. The second-order valence-corrected chi connectivity index (χ2v) is 6.38. The van der Waals surface area contributed by atoms with Gasteiger partial charge in [0.15, 0.2) is 6.29 Å². The van der Waals surface area contributed by atoms with Gasteiger partial charge in [-0.2, -0.15) is 0 Å². The first-order valence-corrected chi connectivity index (χ1v) is 7.86. The van der Waals surface area contributed by atoms with Gasteiger partial charge in [0.2, 0.25) is 0 Å². The first-order chi connectivity index (χ1) is 10.1. The van der Waals surface area contributed by atoms with E-state index in [1.54, 1.807) is 0 Å². The van der Waals surface area contributed by atoms with E-state index in [1.165, 1.54) is 16.3 Å². The molecular formula is C19H24O2. The summed E-state index contributed by atoms with van der Waals surface area (Å²) in [7, 11) is 0.